The van der Waals surface area contributed by atoms with Gasteiger partial charge in [0, 0.05) is 12.0 Å². The number of rotatable bonds is 5. The molecule has 1 rings (SSSR count). The van der Waals surface area contributed by atoms with Gasteiger partial charge in [0.15, 0.2) is 5.78 Å². The van der Waals surface area contributed by atoms with Gasteiger partial charge in [-0.05, 0) is 18.2 Å². The molecule has 2 nitrogen and oxygen atoms in total. The molecule has 0 unspecified atom stereocenters. The van der Waals surface area contributed by atoms with Gasteiger partial charge in [-0.15, -0.1) is 0 Å². The Hall–Kier alpha value is -1.64. The molecule has 0 bridgehead atoms. The smallest absolute Gasteiger partial charge is 0.372 e. The highest BCUT2D eigenvalue weighted by Gasteiger charge is 2.34. The van der Waals surface area contributed by atoms with Crippen LogP contribution in [0.3, 0.4) is 0 Å². The van der Waals surface area contributed by atoms with Crippen molar-refractivity contribution in [3.8, 4) is 0 Å². The van der Waals surface area contributed by atoms with E-state index >= 15 is 0 Å². The van der Waals surface area contributed by atoms with Crippen LogP contribution in [0.2, 0.25) is 0 Å². The van der Waals surface area contributed by atoms with E-state index in [0.717, 1.165) is 6.07 Å². The highest BCUT2D eigenvalue weighted by molar-refractivity contribution is 5.96. The quantitative estimate of drug-likeness (QED) is 0.466. The maximum atomic E-state index is 13.0. The minimum atomic E-state index is -4.97. The molecule has 0 saturated carbocycles. The predicted octanol–water partition coefficient (Wildman–Crippen LogP) is 4.00. The number of hydrogen-bond acceptors (Lipinski definition) is 2. The van der Waals surface area contributed by atoms with E-state index in [2.05, 4.69) is 4.74 Å². The van der Waals surface area contributed by atoms with Crippen molar-refractivity contribution in [3.05, 3.63) is 35.1 Å². The molecule has 0 aliphatic carbocycles. The van der Waals surface area contributed by atoms with Crippen molar-refractivity contribution in [2.75, 3.05) is 13.2 Å². The topological polar surface area (TPSA) is 26.3 Å². The molecule has 0 aliphatic heterocycles. The molecule has 0 heterocycles. The molecule has 0 atom stereocenters. The molecule has 0 amide bonds. The van der Waals surface area contributed by atoms with E-state index < -0.39 is 54.7 Å². The van der Waals surface area contributed by atoms with Gasteiger partial charge in [-0.3, -0.25) is 4.79 Å². The van der Waals surface area contributed by atoms with E-state index in [1.807, 2.05) is 0 Å². The third kappa shape index (κ3) is 5.70. The van der Waals surface area contributed by atoms with Gasteiger partial charge in [-0.2, -0.15) is 26.3 Å². The number of halogens is 7. The van der Waals surface area contributed by atoms with Gasteiger partial charge < -0.3 is 4.74 Å². The number of ketones is 1. The van der Waals surface area contributed by atoms with E-state index in [1.165, 1.54) is 0 Å². The molecule has 21 heavy (non-hydrogen) atoms. The van der Waals surface area contributed by atoms with Crippen LogP contribution < -0.4 is 0 Å². The molecular weight excluding hydrogens is 309 g/mol. The number of ether oxygens (including phenoxy) is 1. The summed E-state index contributed by atoms with van der Waals surface area (Å²) in [5.41, 5.74) is -2.05. The van der Waals surface area contributed by atoms with Crippen molar-refractivity contribution in [1.82, 2.24) is 0 Å². The minimum Gasteiger partial charge on any atom is -0.372 e. The summed E-state index contributed by atoms with van der Waals surface area (Å²) in [6, 6.07) is 1.63. The highest BCUT2D eigenvalue weighted by atomic mass is 19.4. The van der Waals surface area contributed by atoms with Crippen molar-refractivity contribution < 1.29 is 40.3 Å². The standard InChI is InChI=1S/C12H9F7O2/c13-9-2-1-7(5-8(9)12(17,18)19)10(20)3-4-21-6-11(14,15)16/h1-2,5H,3-4,6H2. The molecule has 0 aliphatic rings. The van der Waals surface area contributed by atoms with Crippen LogP contribution in [0.1, 0.15) is 22.3 Å². The van der Waals surface area contributed by atoms with Gasteiger partial charge in [0.05, 0.1) is 12.2 Å². The van der Waals surface area contributed by atoms with Gasteiger partial charge in [-0.25, -0.2) is 4.39 Å². The first-order chi connectivity index (χ1) is 9.50. The SMILES string of the molecule is O=C(CCOCC(F)(F)F)c1ccc(F)c(C(F)(F)F)c1. The maximum absolute atomic E-state index is 13.0. The molecule has 1 aromatic rings. The fourth-order valence-electron chi connectivity index (χ4n) is 1.41. The molecule has 118 valence electrons. The van der Waals surface area contributed by atoms with E-state index in [1.54, 1.807) is 0 Å². The summed E-state index contributed by atoms with van der Waals surface area (Å²) in [5.74, 6) is -2.41. The summed E-state index contributed by atoms with van der Waals surface area (Å²) in [6.45, 7) is -2.16. The van der Waals surface area contributed by atoms with E-state index in [0.29, 0.717) is 12.1 Å². The van der Waals surface area contributed by atoms with Crippen molar-refractivity contribution in [3.63, 3.8) is 0 Å². The monoisotopic (exact) mass is 318 g/mol. The molecule has 0 fully saturated rings. The number of benzene rings is 1. The summed E-state index contributed by atoms with van der Waals surface area (Å²) in [6.07, 6.45) is -10.1. The number of carbonyl (C=O) groups is 1. The number of carbonyl (C=O) groups excluding carboxylic acids is 1. The third-order valence-corrected chi connectivity index (χ3v) is 2.33. The van der Waals surface area contributed by atoms with Crippen LogP contribution in [0.5, 0.6) is 0 Å². The second-order valence-electron chi connectivity index (χ2n) is 4.03. The largest absolute Gasteiger partial charge is 0.419 e. The molecule has 0 N–H and O–H groups in total. The second-order valence-corrected chi connectivity index (χ2v) is 4.03. The lowest BCUT2D eigenvalue weighted by atomic mass is 10.0. The Morgan fingerprint density at radius 3 is 2.24 bits per heavy atom. The van der Waals surface area contributed by atoms with Crippen molar-refractivity contribution in [1.29, 1.82) is 0 Å². The Bertz CT molecular complexity index is 505. The lowest BCUT2D eigenvalue weighted by Gasteiger charge is -2.10. The molecule has 0 aromatic heterocycles. The Labute approximate surface area is 114 Å². The first kappa shape index (κ1) is 17.4. The first-order valence-electron chi connectivity index (χ1n) is 5.55. The molecule has 0 radical (unpaired) electrons. The average Bonchev–Trinajstić information content (AvgIpc) is 2.32. The zero-order chi connectivity index (χ0) is 16.3. The van der Waals surface area contributed by atoms with Gasteiger partial charge in [-0.1, -0.05) is 0 Å². The molecule has 9 heteroatoms. The molecular formula is C12H9F7O2. The van der Waals surface area contributed by atoms with Gasteiger partial charge in [0.1, 0.15) is 12.4 Å². The van der Waals surface area contributed by atoms with Crippen LogP contribution in [-0.2, 0) is 10.9 Å². The number of Topliss-reactive ketones (excluding diaryl/α,β-unsaturated/α-hetero) is 1. The van der Waals surface area contributed by atoms with E-state index in [-0.39, 0.29) is 0 Å². The summed E-state index contributed by atoms with van der Waals surface area (Å²) in [5, 5.41) is 0. The van der Waals surface area contributed by atoms with Crippen LogP contribution >= 0.6 is 0 Å². The summed E-state index contributed by atoms with van der Waals surface area (Å²) < 4.78 is 89.7. The molecule has 0 saturated heterocycles. The van der Waals surface area contributed by atoms with Gasteiger partial charge in [0.2, 0.25) is 0 Å². The van der Waals surface area contributed by atoms with Crippen LogP contribution in [-0.4, -0.2) is 25.2 Å². The fourth-order valence-corrected chi connectivity index (χ4v) is 1.41. The van der Waals surface area contributed by atoms with Crippen LogP contribution in [0, 0.1) is 5.82 Å². The van der Waals surface area contributed by atoms with Crippen LogP contribution in [0.15, 0.2) is 18.2 Å². The Balaban J connectivity index is 2.67. The zero-order valence-electron chi connectivity index (χ0n) is 10.3. The Morgan fingerprint density at radius 1 is 1.10 bits per heavy atom. The fraction of sp³-hybridized carbons (Fsp3) is 0.417. The summed E-state index contributed by atoms with van der Waals surface area (Å²) >= 11 is 0. The average molecular weight is 318 g/mol. The molecule has 0 spiro atoms. The minimum absolute atomic E-state index is 0.321. The van der Waals surface area contributed by atoms with Crippen LogP contribution in [0.4, 0.5) is 30.7 Å². The molecule has 1 aromatic carbocycles. The van der Waals surface area contributed by atoms with Crippen molar-refractivity contribution in [2.24, 2.45) is 0 Å². The summed E-state index contributed by atoms with van der Waals surface area (Å²) in [4.78, 5) is 11.5. The first-order valence-corrected chi connectivity index (χ1v) is 5.55. The zero-order valence-corrected chi connectivity index (χ0v) is 10.3. The lowest BCUT2D eigenvalue weighted by molar-refractivity contribution is -0.173. The predicted molar refractivity (Wildman–Crippen MR) is 57.2 cm³/mol. The van der Waals surface area contributed by atoms with E-state index in [9.17, 15) is 35.5 Å². The van der Waals surface area contributed by atoms with Crippen molar-refractivity contribution >= 4 is 5.78 Å². The van der Waals surface area contributed by atoms with Gasteiger partial charge in [0.25, 0.3) is 0 Å². The highest BCUT2D eigenvalue weighted by Crippen LogP contribution is 2.32. The Kier molecular flexibility index (Phi) is 5.32. The van der Waals surface area contributed by atoms with Crippen LogP contribution in [0.25, 0.3) is 0 Å². The third-order valence-electron chi connectivity index (χ3n) is 2.33. The van der Waals surface area contributed by atoms with Crippen molar-refractivity contribution in [2.45, 2.75) is 18.8 Å². The Morgan fingerprint density at radius 2 is 1.71 bits per heavy atom. The van der Waals surface area contributed by atoms with Gasteiger partial charge >= 0.3 is 12.4 Å². The number of alkyl halides is 6. The maximum Gasteiger partial charge on any atom is 0.419 e. The number of hydrogen-bond donors (Lipinski definition) is 0. The lowest BCUT2D eigenvalue weighted by Crippen LogP contribution is -2.18. The normalized spacial score (nSPS) is 12.5. The summed E-state index contributed by atoms with van der Waals surface area (Å²) in [7, 11) is 0. The second kappa shape index (κ2) is 6.42. The van der Waals surface area contributed by atoms with E-state index in [4.69, 9.17) is 0 Å².